The predicted molar refractivity (Wildman–Crippen MR) is 59.2 cm³/mol. The molecular formula is C13H24O. The Balaban J connectivity index is 1.63. The predicted octanol–water partition coefficient (Wildman–Crippen LogP) is 3.51. The lowest BCUT2D eigenvalue weighted by Gasteiger charge is -2.28. The fourth-order valence-electron chi connectivity index (χ4n) is 2.80. The van der Waals surface area contributed by atoms with Crippen molar-refractivity contribution in [2.75, 3.05) is 0 Å². The second-order valence-electron chi connectivity index (χ2n) is 5.56. The van der Waals surface area contributed by atoms with Gasteiger partial charge >= 0.3 is 0 Å². The summed E-state index contributed by atoms with van der Waals surface area (Å²) >= 11 is 0. The molecule has 82 valence electrons. The molecule has 2 fully saturated rings. The molecule has 0 aliphatic heterocycles. The number of rotatable bonds is 4. The van der Waals surface area contributed by atoms with E-state index in [9.17, 15) is 5.11 Å². The van der Waals surface area contributed by atoms with E-state index in [1.165, 1.54) is 38.5 Å². The average molecular weight is 196 g/mol. The highest BCUT2D eigenvalue weighted by Crippen LogP contribution is 2.42. The molecule has 0 aromatic rings. The smallest absolute Gasteiger partial charge is 0.0650 e. The molecule has 2 rings (SSSR count). The van der Waals surface area contributed by atoms with E-state index < -0.39 is 0 Å². The summed E-state index contributed by atoms with van der Waals surface area (Å²) in [5.41, 5.74) is -0.207. The van der Waals surface area contributed by atoms with Crippen LogP contribution in [-0.2, 0) is 0 Å². The third-order valence-corrected chi connectivity index (χ3v) is 4.39. The molecule has 0 amide bonds. The SMILES string of the molecule is CCC1CCC(CCC2(O)CC2)CC1. The zero-order valence-corrected chi connectivity index (χ0v) is 9.47. The van der Waals surface area contributed by atoms with Gasteiger partial charge in [0, 0.05) is 0 Å². The zero-order chi connectivity index (χ0) is 10.0. The van der Waals surface area contributed by atoms with Crippen LogP contribution < -0.4 is 0 Å². The first-order valence-electron chi connectivity index (χ1n) is 6.44. The molecule has 2 saturated carbocycles. The molecular weight excluding hydrogens is 172 g/mol. The Labute approximate surface area is 87.9 Å². The molecule has 2 aliphatic carbocycles. The molecule has 2 aliphatic rings. The average Bonchev–Trinajstić information content (AvgIpc) is 2.95. The monoisotopic (exact) mass is 196 g/mol. The Morgan fingerprint density at radius 2 is 1.64 bits per heavy atom. The van der Waals surface area contributed by atoms with Crippen molar-refractivity contribution in [1.29, 1.82) is 0 Å². The highest BCUT2D eigenvalue weighted by molar-refractivity contribution is 4.93. The van der Waals surface area contributed by atoms with Gasteiger partial charge in [-0.15, -0.1) is 0 Å². The van der Waals surface area contributed by atoms with Crippen LogP contribution in [0.25, 0.3) is 0 Å². The number of aliphatic hydroxyl groups is 1. The quantitative estimate of drug-likeness (QED) is 0.729. The van der Waals surface area contributed by atoms with Crippen LogP contribution in [0.4, 0.5) is 0 Å². The first kappa shape index (κ1) is 10.5. The van der Waals surface area contributed by atoms with Crippen molar-refractivity contribution in [3.63, 3.8) is 0 Å². The maximum absolute atomic E-state index is 9.76. The fourth-order valence-corrected chi connectivity index (χ4v) is 2.80. The van der Waals surface area contributed by atoms with E-state index in [1.807, 2.05) is 0 Å². The molecule has 1 heteroatoms. The molecule has 0 spiro atoms. The summed E-state index contributed by atoms with van der Waals surface area (Å²) in [5.74, 6) is 1.94. The third kappa shape index (κ3) is 2.73. The van der Waals surface area contributed by atoms with Crippen molar-refractivity contribution in [2.24, 2.45) is 11.8 Å². The maximum atomic E-state index is 9.76. The van der Waals surface area contributed by atoms with Gasteiger partial charge in [-0.2, -0.15) is 0 Å². The minimum Gasteiger partial charge on any atom is -0.390 e. The van der Waals surface area contributed by atoms with Gasteiger partial charge in [-0.25, -0.2) is 0 Å². The van der Waals surface area contributed by atoms with Gasteiger partial charge in [0.15, 0.2) is 0 Å². The van der Waals surface area contributed by atoms with E-state index in [0.29, 0.717) is 0 Å². The summed E-state index contributed by atoms with van der Waals surface area (Å²) in [6.07, 6.45) is 11.6. The lowest BCUT2D eigenvalue weighted by atomic mass is 9.78. The topological polar surface area (TPSA) is 20.2 Å². The van der Waals surface area contributed by atoms with Gasteiger partial charge < -0.3 is 5.11 Å². The normalized spacial score (nSPS) is 35.6. The van der Waals surface area contributed by atoms with E-state index in [4.69, 9.17) is 0 Å². The molecule has 0 heterocycles. The zero-order valence-electron chi connectivity index (χ0n) is 9.47. The van der Waals surface area contributed by atoms with Crippen molar-refractivity contribution >= 4 is 0 Å². The lowest BCUT2D eigenvalue weighted by Crippen LogP contribution is -2.16. The van der Waals surface area contributed by atoms with E-state index in [2.05, 4.69) is 6.92 Å². The van der Waals surface area contributed by atoms with Gasteiger partial charge in [0.2, 0.25) is 0 Å². The van der Waals surface area contributed by atoms with Crippen LogP contribution in [0, 0.1) is 11.8 Å². The summed E-state index contributed by atoms with van der Waals surface area (Å²) in [4.78, 5) is 0. The maximum Gasteiger partial charge on any atom is 0.0650 e. The first-order valence-corrected chi connectivity index (χ1v) is 6.44. The Kier molecular flexibility index (Phi) is 3.16. The second-order valence-corrected chi connectivity index (χ2v) is 5.56. The third-order valence-electron chi connectivity index (χ3n) is 4.39. The van der Waals surface area contributed by atoms with Crippen molar-refractivity contribution < 1.29 is 5.11 Å². The van der Waals surface area contributed by atoms with Crippen LogP contribution in [0.15, 0.2) is 0 Å². The lowest BCUT2D eigenvalue weighted by molar-refractivity contribution is 0.123. The van der Waals surface area contributed by atoms with Gasteiger partial charge in [0.05, 0.1) is 5.60 Å². The molecule has 1 N–H and O–H groups in total. The van der Waals surface area contributed by atoms with Crippen LogP contribution in [0.1, 0.15) is 64.7 Å². The Hall–Kier alpha value is -0.0400. The van der Waals surface area contributed by atoms with Gasteiger partial charge in [0.1, 0.15) is 0 Å². The first-order chi connectivity index (χ1) is 6.72. The Morgan fingerprint density at radius 3 is 2.14 bits per heavy atom. The van der Waals surface area contributed by atoms with Gasteiger partial charge in [-0.05, 0) is 37.5 Å². The van der Waals surface area contributed by atoms with E-state index in [1.54, 1.807) is 0 Å². The Morgan fingerprint density at radius 1 is 1.07 bits per heavy atom. The van der Waals surface area contributed by atoms with Gasteiger partial charge in [0.25, 0.3) is 0 Å². The van der Waals surface area contributed by atoms with E-state index in [-0.39, 0.29) is 5.60 Å². The van der Waals surface area contributed by atoms with E-state index >= 15 is 0 Å². The molecule has 14 heavy (non-hydrogen) atoms. The molecule has 0 radical (unpaired) electrons. The van der Waals surface area contributed by atoms with Crippen molar-refractivity contribution in [3.8, 4) is 0 Å². The molecule has 0 saturated heterocycles. The van der Waals surface area contributed by atoms with Crippen LogP contribution in [-0.4, -0.2) is 10.7 Å². The van der Waals surface area contributed by atoms with E-state index in [0.717, 1.165) is 31.1 Å². The standard InChI is InChI=1S/C13H24O/c1-2-11-3-5-12(6-4-11)7-8-13(14)9-10-13/h11-12,14H,2-10H2,1H3. The minimum atomic E-state index is -0.207. The summed E-state index contributed by atoms with van der Waals surface area (Å²) in [6, 6.07) is 0. The highest BCUT2D eigenvalue weighted by atomic mass is 16.3. The van der Waals surface area contributed by atoms with Gasteiger partial charge in [-0.1, -0.05) is 39.0 Å². The van der Waals surface area contributed by atoms with Crippen molar-refractivity contribution in [1.82, 2.24) is 0 Å². The summed E-state index contributed by atoms with van der Waals surface area (Å²) < 4.78 is 0. The molecule has 0 atom stereocenters. The molecule has 0 aromatic carbocycles. The Bertz CT molecular complexity index is 176. The van der Waals surface area contributed by atoms with Crippen molar-refractivity contribution in [2.45, 2.75) is 70.3 Å². The van der Waals surface area contributed by atoms with Crippen LogP contribution in [0.2, 0.25) is 0 Å². The summed E-state index contributed by atoms with van der Waals surface area (Å²) in [6.45, 7) is 2.32. The number of hydrogen-bond acceptors (Lipinski definition) is 1. The van der Waals surface area contributed by atoms with Crippen LogP contribution >= 0.6 is 0 Å². The molecule has 0 aromatic heterocycles. The minimum absolute atomic E-state index is 0.207. The van der Waals surface area contributed by atoms with Crippen molar-refractivity contribution in [3.05, 3.63) is 0 Å². The van der Waals surface area contributed by atoms with Crippen LogP contribution in [0.3, 0.4) is 0 Å². The second kappa shape index (κ2) is 4.22. The largest absolute Gasteiger partial charge is 0.390 e. The molecule has 1 nitrogen and oxygen atoms in total. The highest BCUT2D eigenvalue weighted by Gasteiger charge is 2.40. The molecule has 0 bridgehead atoms. The van der Waals surface area contributed by atoms with Gasteiger partial charge in [-0.3, -0.25) is 0 Å². The number of hydrogen-bond donors (Lipinski definition) is 1. The summed E-state index contributed by atoms with van der Waals surface area (Å²) in [7, 11) is 0. The fraction of sp³-hybridized carbons (Fsp3) is 1.00. The molecule has 0 unspecified atom stereocenters. The van der Waals surface area contributed by atoms with Crippen LogP contribution in [0.5, 0.6) is 0 Å². The summed E-state index contributed by atoms with van der Waals surface area (Å²) in [5, 5.41) is 9.76.